The van der Waals surface area contributed by atoms with Crippen LogP contribution in [-0.4, -0.2) is 48.1 Å². The minimum Gasteiger partial charge on any atom is -0.341 e. The zero-order valence-corrected chi connectivity index (χ0v) is 14.3. The highest BCUT2D eigenvalue weighted by molar-refractivity contribution is 6.42. The van der Waals surface area contributed by atoms with E-state index in [-0.39, 0.29) is 17.4 Å². The molecule has 0 aromatic carbocycles. The fourth-order valence-electron chi connectivity index (χ4n) is 1.59. The Morgan fingerprint density at radius 3 is 2.30 bits per heavy atom. The zero-order chi connectivity index (χ0) is 18.2. The van der Waals surface area contributed by atoms with Crippen molar-refractivity contribution in [2.45, 2.75) is 20.3 Å². The molecule has 126 valence electrons. The van der Waals surface area contributed by atoms with Crippen LogP contribution >= 0.6 is 0 Å². The first-order valence-corrected chi connectivity index (χ1v) is 7.13. The number of halogens is 1. The van der Waals surface area contributed by atoms with E-state index in [1.165, 1.54) is 17.1 Å². The molecular weight excluding hydrogens is 295 g/mol. The summed E-state index contributed by atoms with van der Waals surface area (Å²) in [5.41, 5.74) is 1.92. The number of amides is 1. The maximum absolute atomic E-state index is 13.1. The van der Waals surface area contributed by atoms with Crippen LogP contribution in [-0.2, 0) is 4.79 Å². The van der Waals surface area contributed by atoms with E-state index in [4.69, 9.17) is 5.41 Å². The molecule has 0 rings (SSSR count). The van der Waals surface area contributed by atoms with Gasteiger partial charge in [0, 0.05) is 20.0 Å². The van der Waals surface area contributed by atoms with Crippen molar-refractivity contribution in [2.75, 3.05) is 20.6 Å². The fourth-order valence-corrected chi connectivity index (χ4v) is 1.59. The largest absolute Gasteiger partial charge is 0.341 e. The van der Waals surface area contributed by atoms with Crippen molar-refractivity contribution in [2.24, 2.45) is 5.10 Å². The highest BCUT2D eigenvalue weighted by Crippen LogP contribution is 2.16. The second kappa shape index (κ2) is 9.50. The number of nitrogens with zero attached hydrogens (tertiary/aromatic N) is 3. The molecule has 1 amide bonds. The van der Waals surface area contributed by atoms with Crippen LogP contribution in [0.5, 0.6) is 0 Å². The Morgan fingerprint density at radius 2 is 1.91 bits per heavy atom. The minimum absolute atomic E-state index is 0.168. The number of hydrogen-bond donors (Lipinski definition) is 1. The number of carbonyl (C=O) groups is 1. The molecular formula is C17H25FN4O. The minimum atomic E-state index is -0.397. The van der Waals surface area contributed by atoms with E-state index in [1.54, 1.807) is 14.0 Å². The second-order valence-electron chi connectivity index (χ2n) is 5.08. The summed E-state index contributed by atoms with van der Waals surface area (Å²) in [7, 11) is 2.77. The SMILES string of the molecule is C=C/C(=C\C(=N)C(=O)N(C)CC)C/C(=N\N(C)F)C(=C)C(=C)C. The molecule has 0 aliphatic carbocycles. The van der Waals surface area contributed by atoms with Crippen LogP contribution in [0.2, 0.25) is 0 Å². The van der Waals surface area contributed by atoms with Gasteiger partial charge in [-0.05, 0) is 36.6 Å². The Hall–Kier alpha value is -2.50. The first-order chi connectivity index (χ1) is 10.6. The molecule has 1 N–H and O–H groups in total. The number of carbonyl (C=O) groups excluding carboxylic acids is 1. The average Bonchev–Trinajstić information content (AvgIpc) is 2.50. The van der Waals surface area contributed by atoms with Crippen LogP contribution in [0.3, 0.4) is 0 Å². The summed E-state index contributed by atoms with van der Waals surface area (Å²) >= 11 is 0. The summed E-state index contributed by atoms with van der Waals surface area (Å²) in [5.74, 6) is -0.397. The molecule has 0 heterocycles. The highest BCUT2D eigenvalue weighted by atomic mass is 19.2. The van der Waals surface area contributed by atoms with E-state index in [0.29, 0.717) is 29.0 Å². The van der Waals surface area contributed by atoms with Crippen LogP contribution in [0, 0.1) is 5.41 Å². The van der Waals surface area contributed by atoms with Gasteiger partial charge in [0.05, 0.1) is 12.8 Å². The molecule has 0 spiro atoms. The van der Waals surface area contributed by atoms with Gasteiger partial charge in [-0.1, -0.05) is 30.3 Å². The van der Waals surface area contributed by atoms with Gasteiger partial charge in [-0.25, -0.2) is 0 Å². The monoisotopic (exact) mass is 320 g/mol. The van der Waals surface area contributed by atoms with Crippen molar-refractivity contribution in [1.29, 1.82) is 5.41 Å². The van der Waals surface area contributed by atoms with E-state index in [1.807, 2.05) is 6.92 Å². The molecule has 0 aliphatic heterocycles. The van der Waals surface area contributed by atoms with E-state index in [9.17, 15) is 9.28 Å². The Kier molecular flexibility index (Phi) is 8.47. The summed E-state index contributed by atoms with van der Waals surface area (Å²) in [4.78, 5) is 13.4. The standard InChI is InChI=1S/C17H25FN4O/c1-8-14(10-15(19)17(23)21(6)9-2)11-16(20-22(7)18)13(5)12(3)4/h8,10,19H,1,3,5,9,11H2,2,4,6-7H3/b14-10+,19-15?,20-16+. The molecule has 23 heavy (non-hydrogen) atoms. The third kappa shape index (κ3) is 6.86. The predicted octanol–water partition coefficient (Wildman–Crippen LogP) is 3.29. The number of rotatable bonds is 9. The summed E-state index contributed by atoms with van der Waals surface area (Å²) in [6.07, 6.45) is 3.10. The molecule has 0 aromatic rings. The maximum atomic E-state index is 13.1. The predicted molar refractivity (Wildman–Crippen MR) is 94.2 cm³/mol. The first-order valence-electron chi connectivity index (χ1n) is 7.13. The van der Waals surface area contributed by atoms with Gasteiger partial charge in [0.1, 0.15) is 5.71 Å². The number of nitrogens with one attached hydrogen (secondary N) is 1. The lowest BCUT2D eigenvalue weighted by Crippen LogP contribution is -2.31. The second-order valence-corrected chi connectivity index (χ2v) is 5.08. The van der Waals surface area contributed by atoms with Crippen molar-refractivity contribution in [3.8, 4) is 0 Å². The van der Waals surface area contributed by atoms with E-state index in [2.05, 4.69) is 24.8 Å². The molecule has 5 nitrogen and oxygen atoms in total. The van der Waals surface area contributed by atoms with Gasteiger partial charge in [0.2, 0.25) is 0 Å². The summed E-state index contributed by atoms with van der Waals surface area (Å²) < 4.78 is 13.1. The summed E-state index contributed by atoms with van der Waals surface area (Å²) in [5, 5.41) is 11.8. The van der Waals surface area contributed by atoms with Crippen LogP contribution < -0.4 is 0 Å². The molecule has 0 bridgehead atoms. The van der Waals surface area contributed by atoms with Gasteiger partial charge in [-0.15, -0.1) is 5.23 Å². The lowest BCUT2D eigenvalue weighted by atomic mass is 9.98. The van der Waals surface area contributed by atoms with Crippen molar-refractivity contribution in [1.82, 2.24) is 10.1 Å². The van der Waals surface area contributed by atoms with Crippen molar-refractivity contribution in [3.05, 3.63) is 48.6 Å². The fraction of sp³-hybridized carbons (Fsp3) is 0.353. The van der Waals surface area contributed by atoms with Crippen LogP contribution in [0.25, 0.3) is 0 Å². The molecule has 0 radical (unpaired) electrons. The lowest BCUT2D eigenvalue weighted by molar-refractivity contribution is -0.122. The van der Waals surface area contributed by atoms with Gasteiger partial charge in [0.25, 0.3) is 5.91 Å². The zero-order valence-electron chi connectivity index (χ0n) is 14.3. The molecule has 0 saturated carbocycles. The molecule has 0 aliphatic rings. The average molecular weight is 320 g/mol. The van der Waals surface area contributed by atoms with Gasteiger partial charge >= 0.3 is 0 Å². The lowest BCUT2D eigenvalue weighted by Gasteiger charge is -2.15. The van der Waals surface area contributed by atoms with Gasteiger partial charge in [-0.3, -0.25) is 10.2 Å². The quantitative estimate of drug-likeness (QED) is 0.307. The Morgan fingerprint density at radius 1 is 1.35 bits per heavy atom. The number of allylic oxidation sites excluding steroid dienone is 4. The Balaban J connectivity index is 5.44. The van der Waals surface area contributed by atoms with E-state index < -0.39 is 5.91 Å². The molecule has 0 fully saturated rings. The smallest absolute Gasteiger partial charge is 0.271 e. The third-order valence-electron chi connectivity index (χ3n) is 3.14. The van der Waals surface area contributed by atoms with Crippen molar-refractivity contribution >= 4 is 17.3 Å². The topological polar surface area (TPSA) is 59.8 Å². The van der Waals surface area contributed by atoms with Crippen LogP contribution in [0.1, 0.15) is 20.3 Å². The van der Waals surface area contributed by atoms with Gasteiger partial charge in [-0.2, -0.15) is 5.10 Å². The summed E-state index contributed by atoms with van der Waals surface area (Å²) in [6, 6.07) is 0. The molecule has 6 heteroatoms. The van der Waals surface area contributed by atoms with Crippen molar-refractivity contribution < 1.29 is 9.28 Å². The van der Waals surface area contributed by atoms with Crippen molar-refractivity contribution in [3.63, 3.8) is 0 Å². The van der Waals surface area contributed by atoms with Gasteiger partial charge in [0.15, 0.2) is 0 Å². The number of hydrogen-bond acceptors (Lipinski definition) is 4. The maximum Gasteiger partial charge on any atom is 0.271 e. The van der Waals surface area contributed by atoms with Gasteiger partial charge < -0.3 is 4.90 Å². The van der Waals surface area contributed by atoms with Crippen LogP contribution in [0.4, 0.5) is 4.48 Å². The molecule has 0 saturated heterocycles. The number of hydrazone groups is 1. The van der Waals surface area contributed by atoms with E-state index >= 15 is 0 Å². The summed E-state index contributed by atoms with van der Waals surface area (Å²) in [6.45, 7) is 15.3. The highest BCUT2D eigenvalue weighted by Gasteiger charge is 2.14. The van der Waals surface area contributed by atoms with E-state index in [0.717, 1.165) is 7.05 Å². The van der Waals surface area contributed by atoms with Crippen LogP contribution in [0.15, 0.2) is 53.7 Å². The molecule has 0 aromatic heterocycles. The Bertz CT molecular complexity index is 573. The normalized spacial score (nSPS) is 11.7. The Labute approximate surface area is 137 Å². The molecule has 0 unspecified atom stereocenters. The molecule has 0 atom stereocenters. The third-order valence-corrected chi connectivity index (χ3v) is 3.14. The first kappa shape index (κ1) is 20.5.